The highest BCUT2D eigenvalue weighted by atomic mass is 31.2. The van der Waals surface area contributed by atoms with Crippen molar-refractivity contribution < 1.29 is 80.2 Å². The number of esters is 4. The molecule has 0 aliphatic heterocycles. The first-order valence-corrected chi connectivity index (χ1v) is 40.5. The van der Waals surface area contributed by atoms with E-state index < -0.39 is 97.5 Å². The van der Waals surface area contributed by atoms with E-state index in [2.05, 4.69) is 41.5 Å². The van der Waals surface area contributed by atoms with E-state index in [0.29, 0.717) is 31.6 Å². The average Bonchev–Trinajstić information content (AvgIpc) is 3.73. The van der Waals surface area contributed by atoms with Crippen molar-refractivity contribution in [2.24, 2.45) is 11.8 Å². The van der Waals surface area contributed by atoms with Crippen molar-refractivity contribution in [1.82, 2.24) is 0 Å². The van der Waals surface area contributed by atoms with Gasteiger partial charge in [0.2, 0.25) is 0 Å². The molecule has 0 aromatic heterocycles. The van der Waals surface area contributed by atoms with Crippen LogP contribution in [0.5, 0.6) is 0 Å². The molecule has 3 N–H and O–H groups in total. The fourth-order valence-corrected chi connectivity index (χ4v) is 12.5. The van der Waals surface area contributed by atoms with E-state index in [1.807, 2.05) is 0 Å². The zero-order valence-corrected chi connectivity index (χ0v) is 60.9. The van der Waals surface area contributed by atoms with Crippen LogP contribution in [0.2, 0.25) is 0 Å². The van der Waals surface area contributed by atoms with Gasteiger partial charge in [0.1, 0.15) is 19.3 Å². The molecule has 0 aromatic rings. The maximum absolute atomic E-state index is 13.0. The Morgan fingerprint density at radius 1 is 0.319 bits per heavy atom. The SMILES string of the molecule is CCCCCCCCCCCCCCCCCCCCCCC(=O)O[C@H](COC(=O)CCCCCCCCCCCCC(C)CC)COP(=O)(O)OC[C@@H](O)COP(=O)(O)OC[C@@H](COC(=O)CCCCCCCCCC)OC(=O)CCCCCCCCC(C)C. The summed E-state index contributed by atoms with van der Waals surface area (Å²) >= 11 is 0. The summed E-state index contributed by atoms with van der Waals surface area (Å²) in [5, 5.41) is 10.6. The van der Waals surface area contributed by atoms with E-state index in [0.717, 1.165) is 102 Å². The van der Waals surface area contributed by atoms with Crippen LogP contribution in [0, 0.1) is 11.8 Å². The Morgan fingerprint density at radius 2 is 0.560 bits per heavy atom. The predicted octanol–water partition coefficient (Wildman–Crippen LogP) is 20.8. The minimum absolute atomic E-state index is 0.102. The summed E-state index contributed by atoms with van der Waals surface area (Å²) in [5.74, 6) is -0.650. The molecule has 6 atom stereocenters. The molecule has 0 aromatic carbocycles. The molecule has 91 heavy (non-hydrogen) atoms. The Hall–Kier alpha value is -1.94. The Bertz CT molecular complexity index is 1770. The van der Waals surface area contributed by atoms with Gasteiger partial charge in [-0.15, -0.1) is 0 Å². The van der Waals surface area contributed by atoms with Crippen molar-refractivity contribution in [2.75, 3.05) is 39.6 Å². The molecule has 0 spiro atoms. The van der Waals surface area contributed by atoms with Gasteiger partial charge in [0.25, 0.3) is 0 Å². The van der Waals surface area contributed by atoms with E-state index in [1.165, 1.54) is 180 Å². The lowest BCUT2D eigenvalue weighted by atomic mass is 9.99. The largest absolute Gasteiger partial charge is 0.472 e. The molecule has 0 heterocycles. The first-order valence-electron chi connectivity index (χ1n) is 37.5. The summed E-state index contributed by atoms with van der Waals surface area (Å²) in [4.78, 5) is 72.5. The monoisotopic (exact) mass is 1340 g/mol. The molecular formula is C72H140O17P2. The van der Waals surface area contributed by atoms with E-state index >= 15 is 0 Å². The van der Waals surface area contributed by atoms with Crippen molar-refractivity contribution in [1.29, 1.82) is 0 Å². The summed E-state index contributed by atoms with van der Waals surface area (Å²) < 4.78 is 68.2. The Kier molecular flexibility index (Phi) is 62.7. The summed E-state index contributed by atoms with van der Waals surface area (Å²) in [5.41, 5.74) is 0. The molecule has 0 radical (unpaired) electrons. The average molecular weight is 1340 g/mol. The van der Waals surface area contributed by atoms with Crippen LogP contribution < -0.4 is 0 Å². The number of carbonyl (C=O) groups excluding carboxylic acids is 4. The molecule has 0 aliphatic carbocycles. The van der Waals surface area contributed by atoms with Gasteiger partial charge in [-0.1, -0.05) is 318 Å². The topological polar surface area (TPSA) is 237 Å². The fourth-order valence-electron chi connectivity index (χ4n) is 10.9. The van der Waals surface area contributed by atoms with Gasteiger partial charge in [0, 0.05) is 25.7 Å². The van der Waals surface area contributed by atoms with Gasteiger partial charge in [-0.25, -0.2) is 9.13 Å². The number of unbranched alkanes of at least 4 members (excludes halogenated alkanes) is 40. The molecule has 0 saturated carbocycles. The van der Waals surface area contributed by atoms with Gasteiger partial charge in [-0.3, -0.25) is 37.3 Å². The first kappa shape index (κ1) is 89.1. The van der Waals surface area contributed by atoms with Gasteiger partial charge in [-0.2, -0.15) is 0 Å². The third-order valence-electron chi connectivity index (χ3n) is 17.1. The zero-order chi connectivity index (χ0) is 67.2. The second-order valence-corrected chi connectivity index (χ2v) is 29.6. The van der Waals surface area contributed by atoms with Gasteiger partial charge in [0.15, 0.2) is 12.2 Å². The number of phosphoric acid groups is 2. The molecule has 0 amide bonds. The summed E-state index contributed by atoms with van der Waals surface area (Å²) in [6, 6.07) is 0. The van der Waals surface area contributed by atoms with Crippen molar-refractivity contribution in [3.05, 3.63) is 0 Å². The molecule has 0 aliphatic rings. The van der Waals surface area contributed by atoms with Crippen LogP contribution in [0.4, 0.5) is 0 Å². The standard InChI is InChI=1S/C72H140O17P2/c1-7-10-12-14-16-18-19-20-21-22-23-24-25-26-27-28-33-37-44-50-56-71(76)88-67(60-83-70(75)55-49-43-36-32-30-29-31-34-41-47-53-65(6)9-3)62-86-90(78,79)84-58-66(73)59-85-91(80,81)87-63-68(61-82-69(74)54-48-42-35-17-15-13-11-8-2)89-72(77)57-51-45-39-38-40-46-52-64(4)5/h64-68,73H,7-63H2,1-6H3,(H,78,79)(H,80,81)/t65?,66-,67-,68-/m1/s1. The Labute approximate surface area is 556 Å². The Balaban J connectivity index is 5.17. The molecule has 3 unspecified atom stereocenters. The second-order valence-electron chi connectivity index (χ2n) is 26.7. The predicted molar refractivity (Wildman–Crippen MR) is 368 cm³/mol. The highest BCUT2D eigenvalue weighted by Gasteiger charge is 2.30. The normalized spacial score (nSPS) is 14.4. The van der Waals surface area contributed by atoms with Gasteiger partial charge >= 0.3 is 39.5 Å². The maximum atomic E-state index is 13.0. The lowest BCUT2D eigenvalue weighted by molar-refractivity contribution is -0.161. The maximum Gasteiger partial charge on any atom is 0.472 e. The summed E-state index contributed by atoms with van der Waals surface area (Å²) in [7, 11) is -9.90. The van der Waals surface area contributed by atoms with E-state index in [-0.39, 0.29) is 25.7 Å². The van der Waals surface area contributed by atoms with E-state index in [9.17, 15) is 43.2 Å². The number of phosphoric ester groups is 2. The van der Waals surface area contributed by atoms with E-state index in [4.69, 9.17) is 37.0 Å². The van der Waals surface area contributed by atoms with Crippen LogP contribution in [0.3, 0.4) is 0 Å². The van der Waals surface area contributed by atoms with Gasteiger partial charge in [0.05, 0.1) is 26.4 Å². The molecule has 0 saturated heterocycles. The molecule has 540 valence electrons. The van der Waals surface area contributed by atoms with Crippen LogP contribution in [0.15, 0.2) is 0 Å². The van der Waals surface area contributed by atoms with E-state index in [1.54, 1.807) is 0 Å². The fraction of sp³-hybridized carbons (Fsp3) is 0.944. The minimum atomic E-state index is -4.95. The van der Waals surface area contributed by atoms with Crippen molar-refractivity contribution in [3.63, 3.8) is 0 Å². The number of hydrogen-bond acceptors (Lipinski definition) is 15. The smallest absolute Gasteiger partial charge is 0.462 e. The molecule has 0 bridgehead atoms. The number of aliphatic hydroxyl groups excluding tert-OH is 1. The zero-order valence-electron chi connectivity index (χ0n) is 59.1. The molecule has 0 rings (SSSR count). The lowest BCUT2D eigenvalue weighted by Crippen LogP contribution is -2.30. The van der Waals surface area contributed by atoms with Crippen LogP contribution in [0.1, 0.15) is 369 Å². The molecule has 19 heteroatoms. The highest BCUT2D eigenvalue weighted by molar-refractivity contribution is 7.47. The Morgan fingerprint density at radius 3 is 0.835 bits per heavy atom. The number of aliphatic hydroxyl groups is 1. The molecular weight excluding hydrogens is 1200 g/mol. The number of rotatable bonds is 71. The van der Waals surface area contributed by atoms with Crippen molar-refractivity contribution in [3.8, 4) is 0 Å². The van der Waals surface area contributed by atoms with Crippen LogP contribution in [-0.4, -0.2) is 96.7 Å². The lowest BCUT2D eigenvalue weighted by Gasteiger charge is -2.21. The van der Waals surface area contributed by atoms with Crippen molar-refractivity contribution in [2.45, 2.75) is 387 Å². The number of hydrogen-bond donors (Lipinski definition) is 3. The van der Waals surface area contributed by atoms with Gasteiger partial charge in [-0.05, 0) is 37.5 Å². The third kappa shape index (κ3) is 65.1. The first-order chi connectivity index (χ1) is 43.9. The van der Waals surface area contributed by atoms with Crippen LogP contribution in [0.25, 0.3) is 0 Å². The van der Waals surface area contributed by atoms with Crippen LogP contribution in [-0.2, 0) is 65.4 Å². The molecule has 0 fully saturated rings. The second kappa shape index (κ2) is 64.1. The quantitative estimate of drug-likeness (QED) is 0.0222. The highest BCUT2D eigenvalue weighted by Crippen LogP contribution is 2.45. The summed E-state index contributed by atoms with van der Waals surface area (Å²) in [6.07, 6.45) is 50.3. The minimum Gasteiger partial charge on any atom is -0.462 e. The third-order valence-corrected chi connectivity index (χ3v) is 19.0. The van der Waals surface area contributed by atoms with Crippen molar-refractivity contribution >= 4 is 39.5 Å². The van der Waals surface area contributed by atoms with Gasteiger partial charge < -0.3 is 33.8 Å². The molecule has 17 nitrogen and oxygen atoms in total. The van der Waals surface area contributed by atoms with Crippen LogP contribution >= 0.6 is 15.6 Å². The summed E-state index contributed by atoms with van der Waals surface area (Å²) in [6.45, 7) is 9.47. The number of ether oxygens (including phenoxy) is 4. The number of carbonyl (C=O) groups is 4.